The van der Waals surface area contributed by atoms with Crippen LogP contribution in [0.2, 0.25) is 0 Å². The predicted octanol–water partition coefficient (Wildman–Crippen LogP) is 3.35. The summed E-state index contributed by atoms with van der Waals surface area (Å²) in [7, 11) is 0.375. The maximum atomic E-state index is 12.9. The number of methoxy groups -OCH3 is 1. The number of aromatic nitrogens is 4. The lowest BCUT2D eigenvalue weighted by Gasteiger charge is -2.33. The van der Waals surface area contributed by atoms with Crippen molar-refractivity contribution in [3.05, 3.63) is 65.5 Å². The first-order valence-electron chi connectivity index (χ1n) is 10.2. The van der Waals surface area contributed by atoms with Crippen LogP contribution in [0.5, 0.6) is 11.5 Å². The topological polar surface area (TPSA) is 91.2 Å². The summed E-state index contributed by atoms with van der Waals surface area (Å²) in [5.74, 6) is 2.00. The number of hydrogen-bond donors (Lipinski definition) is 1. The molecule has 1 aliphatic heterocycles. The average molecular weight is 442 g/mol. The van der Waals surface area contributed by atoms with Crippen molar-refractivity contribution < 1.29 is 13.7 Å². The van der Waals surface area contributed by atoms with Crippen LogP contribution in [-0.4, -0.2) is 36.3 Å². The van der Waals surface area contributed by atoms with Crippen LogP contribution in [0.15, 0.2) is 48.5 Å². The second-order valence-electron chi connectivity index (χ2n) is 8.48. The summed E-state index contributed by atoms with van der Waals surface area (Å²) in [6, 6.07) is 15.5. The zero-order chi connectivity index (χ0) is 22.0. The van der Waals surface area contributed by atoms with E-state index < -0.39 is 21.8 Å². The molecule has 0 bridgehead atoms. The quantitative estimate of drug-likeness (QED) is 0.631. The average Bonchev–Trinajstić information content (AvgIpc) is 3.21. The molecule has 2 aromatic carbocycles. The van der Waals surface area contributed by atoms with Crippen molar-refractivity contribution in [3.8, 4) is 11.5 Å². The second-order valence-corrected chi connectivity index (χ2v) is 10.5. The van der Waals surface area contributed by atoms with Gasteiger partial charge in [0.25, 0.3) is 0 Å². The van der Waals surface area contributed by atoms with Crippen molar-refractivity contribution in [1.29, 1.82) is 0 Å². The maximum absolute atomic E-state index is 12.9. The minimum atomic E-state index is -1.24. The SMILES string of the molecule is COc1ccc2c(c1)O[C@@H](c1nnnn1Cc1ccccc1)C[C@H]2NS(=O)C(C)(C)C. The van der Waals surface area contributed by atoms with Gasteiger partial charge in [-0.1, -0.05) is 36.4 Å². The zero-order valence-electron chi connectivity index (χ0n) is 18.1. The van der Waals surface area contributed by atoms with Gasteiger partial charge in [0, 0.05) is 18.1 Å². The number of hydrogen-bond acceptors (Lipinski definition) is 6. The molecule has 1 aromatic heterocycles. The maximum Gasteiger partial charge on any atom is 0.192 e. The second kappa shape index (κ2) is 8.76. The minimum Gasteiger partial charge on any atom is -0.497 e. The molecular formula is C22H27N5O3S. The number of fused-ring (bicyclic) bond motifs is 1. The van der Waals surface area contributed by atoms with Crippen molar-refractivity contribution in [2.75, 3.05) is 7.11 Å². The first kappa shape index (κ1) is 21.5. The van der Waals surface area contributed by atoms with Crippen LogP contribution in [0.4, 0.5) is 0 Å². The number of nitrogens with zero attached hydrogens (tertiary/aromatic N) is 4. The summed E-state index contributed by atoms with van der Waals surface area (Å²) in [4.78, 5) is 0. The summed E-state index contributed by atoms with van der Waals surface area (Å²) < 4.78 is 29.2. The van der Waals surface area contributed by atoms with E-state index in [1.165, 1.54) is 0 Å². The fourth-order valence-electron chi connectivity index (χ4n) is 3.46. The molecule has 0 radical (unpaired) electrons. The van der Waals surface area contributed by atoms with E-state index in [4.69, 9.17) is 9.47 Å². The zero-order valence-corrected chi connectivity index (χ0v) is 18.9. The number of benzene rings is 2. The van der Waals surface area contributed by atoms with Crippen LogP contribution in [0.3, 0.4) is 0 Å². The third-order valence-electron chi connectivity index (χ3n) is 5.14. The molecule has 3 aromatic rings. The molecule has 9 heteroatoms. The molecule has 2 heterocycles. The number of rotatable bonds is 6. The van der Waals surface area contributed by atoms with Crippen LogP contribution in [0.25, 0.3) is 0 Å². The first-order chi connectivity index (χ1) is 14.8. The van der Waals surface area contributed by atoms with Crippen LogP contribution >= 0.6 is 0 Å². The molecule has 31 heavy (non-hydrogen) atoms. The lowest BCUT2D eigenvalue weighted by Crippen LogP contribution is -2.38. The van der Waals surface area contributed by atoms with Gasteiger partial charge in [-0.15, -0.1) is 5.10 Å². The van der Waals surface area contributed by atoms with E-state index in [0.29, 0.717) is 30.3 Å². The Bertz CT molecular complexity index is 1060. The molecule has 0 fully saturated rings. The monoisotopic (exact) mass is 441 g/mol. The van der Waals surface area contributed by atoms with E-state index in [0.717, 1.165) is 11.1 Å². The normalized spacial score (nSPS) is 19.4. The van der Waals surface area contributed by atoms with Crippen molar-refractivity contribution >= 4 is 11.0 Å². The van der Waals surface area contributed by atoms with Crippen molar-refractivity contribution in [1.82, 2.24) is 24.9 Å². The highest BCUT2D eigenvalue weighted by Crippen LogP contribution is 2.42. The minimum absolute atomic E-state index is 0.179. The standard InChI is InChI=1S/C22H27N5O3S/c1-22(2,3)31(28)24-18-13-20(30-19-12-16(29-4)10-11-17(18)19)21-23-25-26-27(21)14-15-8-6-5-7-9-15/h5-12,18,20,24H,13-14H2,1-4H3/t18-,20-,31?/m1/s1. The van der Waals surface area contributed by atoms with E-state index >= 15 is 0 Å². The number of ether oxygens (including phenoxy) is 2. The predicted molar refractivity (Wildman–Crippen MR) is 118 cm³/mol. The Hall–Kier alpha value is -2.78. The highest BCUT2D eigenvalue weighted by atomic mass is 32.2. The van der Waals surface area contributed by atoms with Gasteiger partial charge >= 0.3 is 0 Å². The fraction of sp³-hybridized carbons (Fsp3) is 0.409. The Balaban J connectivity index is 1.65. The highest BCUT2D eigenvalue weighted by Gasteiger charge is 2.35. The summed E-state index contributed by atoms with van der Waals surface area (Å²) in [5, 5.41) is 12.3. The van der Waals surface area contributed by atoms with E-state index in [1.54, 1.807) is 11.8 Å². The smallest absolute Gasteiger partial charge is 0.192 e. The van der Waals surface area contributed by atoms with Crippen LogP contribution in [0, 0.1) is 0 Å². The van der Waals surface area contributed by atoms with Gasteiger partial charge in [-0.2, -0.15) is 0 Å². The summed E-state index contributed by atoms with van der Waals surface area (Å²) in [6.07, 6.45) is 0.156. The molecule has 3 atom stereocenters. The molecule has 0 spiro atoms. The lowest BCUT2D eigenvalue weighted by atomic mass is 9.96. The largest absolute Gasteiger partial charge is 0.497 e. The van der Waals surface area contributed by atoms with Crippen LogP contribution in [0.1, 0.15) is 56.3 Å². The van der Waals surface area contributed by atoms with Crippen molar-refractivity contribution in [2.24, 2.45) is 0 Å². The fourth-order valence-corrected chi connectivity index (χ4v) is 4.30. The third-order valence-corrected chi connectivity index (χ3v) is 6.75. The third kappa shape index (κ3) is 4.77. The molecule has 8 nitrogen and oxygen atoms in total. The van der Waals surface area contributed by atoms with E-state index in [2.05, 4.69) is 20.2 Å². The van der Waals surface area contributed by atoms with Crippen molar-refractivity contribution in [3.63, 3.8) is 0 Å². The first-order valence-corrected chi connectivity index (χ1v) is 11.3. The Morgan fingerprint density at radius 3 is 2.71 bits per heavy atom. The van der Waals surface area contributed by atoms with Gasteiger partial charge < -0.3 is 9.47 Å². The van der Waals surface area contributed by atoms with Gasteiger partial charge in [-0.3, -0.25) is 0 Å². The summed E-state index contributed by atoms with van der Waals surface area (Å²) in [5.41, 5.74) is 2.04. The molecule has 1 unspecified atom stereocenters. The Labute approximate surface area is 184 Å². The van der Waals surface area contributed by atoms with Gasteiger partial charge in [0.1, 0.15) is 11.5 Å². The Kier molecular flexibility index (Phi) is 6.06. The van der Waals surface area contributed by atoms with Crippen LogP contribution in [-0.2, 0) is 17.5 Å². The molecule has 4 rings (SSSR count). The number of tetrazole rings is 1. The number of nitrogens with one attached hydrogen (secondary N) is 1. The molecule has 0 saturated carbocycles. The van der Waals surface area contributed by atoms with Gasteiger partial charge in [0.2, 0.25) is 0 Å². The molecule has 0 amide bonds. The van der Waals surface area contributed by atoms with E-state index in [1.807, 2.05) is 69.3 Å². The van der Waals surface area contributed by atoms with Gasteiger partial charge in [0.15, 0.2) is 11.9 Å². The molecular weight excluding hydrogens is 414 g/mol. The Morgan fingerprint density at radius 1 is 1.23 bits per heavy atom. The Morgan fingerprint density at radius 2 is 2.00 bits per heavy atom. The molecule has 1 N–H and O–H groups in total. The highest BCUT2D eigenvalue weighted by molar-refractivity contribution is 7.84. The van der Waals surface area contributed by atoms with Gasteiger partial charge in [-0.25, -0.2) is 13.6 Å². The molecule has 0 aliphatic carbocycles. The molecule has 164 valence electrons. The lowest BCUT2D eigenvalue weighted by molar-refractivity contribution is 0.143. The van der Waals surface area contributed by atoms with E-state index in [9.17, 15) is 4.21 Å². The van der Waals surface area contributed by atoms with Gasteiger partial charge in [-0.05, 0) is 42.8 Å². The molecule has 0 saturated heterocycles. The van der Waals surface area contributed by atoms with Crippen molar-refractivity contribution in [2.45, 2.75) is 50.6 Å². The van der Waals surface area contributed by atoms with Crippen LogP contribution < -0.4 is 14.2 Å². The van der Waals surface area contributed by atoms with E-state index in [-0.39, 0.29) is 6.04 Å². The molecule has 1 aliphatic rings. The summed E-state index contributed by atoms with van der Waals surface area (Å²) in [6.45, 7) is 6.38. The van der Waals surface area contributed by atoms with Gasteiger partial charge in [0.05, 0.1) is 35.4 Å². The summed E-state index contributed by atoms with van der Waals surface area (Å²) >= 11 is 0.